The molecule has 0 aliphatic heterocycles. The molecule has 1 rings (SSSR count). The molecule has 0 aromatic heterocycles. The van der Waals surface area contributed by atoms with Gasteiger partial charge >= 0.3 is 0 Å². The number of methoxy groups -OCH3 is 1. The molecule has 0 aliphatic rings. The van der Waals surface area contributed by atoms with E-state index in [1.165, 1.54) is 5.56 Å². The van der Waals surface area contributed by atoms with Crippen molar-refractivity contribution in [2.45, 2.75) is 20.4 Å². The van der Waals surface area contributed by atoms with Gasteiger partial charge in [0, 0.05) is 23.4 Å². The lowest BCUT2D eigenvalue weighted by atomic mass is 9.96. The van der Waals surface area contributed by atoms with E-state index in [0.717, 1.165) is 23.3 Å². The zero-order valence-corrected chi connectivity index (χ0v) is 12.9. The Labute approximate surface area is 117 Å². The zero-order valence-electron chi connectivity index (χ0n) is 10.5. The first kappa shape index (κ1) is 14.8. The summed E-state index contributed by atoms with van der Waals surface area (Å²) < 4.78 is 6.30. The number of rotatable bonds is 6. The van der Waals surface area contributed by atoms with Crippen molar-refractivity contribution in [3.05, 3.63) is 28.2 Å². The molecule has 0 saturated heterocycles. The van der Waals surface area contributed by atoms with Crippen molar-refractivity contribution >= 4 is 27.5 Å². The Morgan fingerprint density at radius 2 is 2.12 bits per heavy atom. The minimum Gasteiger partial charge on any atom is -0.497 e. The predicted octanol–water partition coefficient (Wildman–Crippen LogP) is 3.81. The van der Waals surface area contributed by atoms with Gasteiger partial charge in [0.05, 0.1) is 7.11 Å². The van der Waals surface area contributed by atoms with Crippen LogP contribution in [0.4, 0.5) is 0 Å². The molecule has 1 aromatic rings. The molecular formula is C13H19BrClNO. The van der Waals surface area contributed by atoms with Crippen molar-refractivity contribution in [3.8, 4) is 5.75 Å². The highest BCUT2D eigenvalue weighted by Crippen LogP contribution is 2.23. The van der Waals surface area contributed by atoms with Crippen LogP contribution < -0.4 is 10.1 Å². The second-order valence-electron chi connectivity index (χ2n) is 4.86. The van der Waals surface area contributed by atoms with Gasteiger partial charge < -0.3 is 10.1 Å². The van der Waals surface area contributed by atoms with Crippen LogP contribution in [0.3, 0.4) is 0 Å². The van der Waals surface area contributed by atoms with Gasteiger partial charge in [-0.05, 0) is 29.2 Å². The number of hydrogen-bond acceptors (Lipinski definition) is 2. The molecule has 0 spiro atoms. The van der Waals surface area contributed by atoms with Gasteiger partial charge in [0.2, 0.25) is 0 Å². The van der Waals surface area contributed by atoms with Crippen molar-refractivity contribution in [1.82, 2.24) is 5.32 Å². The molecule has 0 fully saturated rings. The maximum absolute atomic E-state index is 5.88. The van der Waals surface area contributed by atoms with Crippen LogP contribution in [-0.2, 0) is 6.54 Å². The van der Waals surface area contributed by atoms with Crippen molar-refractivity contribution < 1.29 is 4.74 Å². The quantitative estimate of drug-likeness (QED) is 0.805. The van der Waals surface area contributed by atoms with Gasteiger partial charge in [-0.15, -0.1) is 11.6 Å². The van der Waals surface area contributed by atoms with Crippen LogP contribution in [0.1, 0.15) is 19.4 Å². The van der Waals surface area contributed by atoms with E-state index < -0.39 is 0 Å². The van der Waals surface area contributed by atoms with Gasteiger partial charge in [-0.1, -0.05) is 29.8 Å². The summed E-state index contributed by atoms with van der Waals surface area (Å²) >= 11 is 9.42. The van der Waals surface area contributed by atoms with Gasteiger partial charge in [0.1, 0.15) is 5.75 Å². The first-order chi connectivity index (χ1) is 7.98. The molecule has 1 N–H and O–H groups in total. The van der Waals surface area contributed by atoms with Gasteiger partial charge in [0.25, 0.3) is 0 Å². The third-order valence-corrected chi connectivity index (χ3v) is 4.03. The second kappa shape index (κ2) is 6.62. The van der Waals surface area contributed by atoms with Crippen LogP contribution in [-0.4, -0.2) is 19.5 Å². The molecule has 0 atom stereocenters. The van der Waals surface area contributed by atoms with Crippen molar-refractivity contribution in [1.29, 1.82) is 0 Å². The van der Waals surface area contributed by atoms with Crippen molar-refractivity contribution in [2.24, 2.45) is 5.41 Å². The summed E-state index contributed by atoms with van der Waals surface area (Å²) in [5.41, 5.74) is 1.31. The molecule has 96 valence electrons. The molecule has 1 aromatic carbocycles. The molecular weight excluding hydrogens is 302 g/mol. The van der Waals surface area contributed by atoms with E-state index >= 15 is 0 Å². The number of halogens is 2. The van der Waals surface area contributed by atoms with Crippen molar-refractivity contribution in [3.63, 3.8) is 0 Å². The van der Waals surface area contributed by atoms with E-state index in [1.54, 1.807) is 7.11 Å². The highest BCUT2D eigenvalue weighted by molar-refractivity contribution is 9.10. The molecule has 0 bridgehead atoms. The highest BCUT2D eigenvalue weighted by Gasteiger charge is 2.15. The van der Waals surface area contributed by atoms with Crippen LogP contribution in [0.5, 0.6) is 5.75 Å². The van der Waals surface area contributed by atoms with E-state index in [2.05, 4.69) is 35.1 Å². The average molecular weight is 321 g/mol. The van der Waals surface area contributed by atoms with Gasteiger partial charge in [0.15, 0.2) is 0 Å². The summed E-state index contributed by atoms with van der Waals surface area (Å²) in [4.78, 5) is 0. The summed E-state index contributed by atoms with van der Waals surface area (Å²) in [6.45, 7) is 5.99. The summed E-state index contributed by atoms with van der Waals surface area (Å²) in [7, 11) is 1.68. The molecule has 0 heterocycles. The van der Waals surface area contributed by atoms with Crippen LogP contribution in [0.2, 0.25) is 0 Å². The van der Waals surface area contributed by atoms with E-state index in [9.17, 15) is 0 Å². The van der Waals surface area contributed by atoms with Crippen LogP contribution in [0.25, 0.3) is 0 Å². The normalized spacial score (nSPS) is 11.6. The van der Waals surface area contributed by atoms with E-state index in [-0.39, 0.29) is 5.41 Å². The third-order valence-electron chi connectivity index (χ3n) is 2.53. The fourth-order valence-corrected chi connectivity index (χ4v) is 1.88. The molecule has 0 saturated carbocycles. The SMILES string of the molecule is COc1ccc(Br)c(CNCC(C)(C)CCl)c1. The first-order valence-corrected chi connectivity index (χ1v) is 6.90. The zero-order chi connectivity index (χ0) is 12.9. The van der Waals surface area contributed by atoms with Gasteiger partial charge in [-0.2, -0.15) is 0 Å². The molecule has 0 radical (unpaired) electrons. The summed E-state index contributed by atoms with van der Waals surface area (Å²) in [6, 6.07) is 5.98. The lowest BCUT2D eigenvalue weighted by Crippen LogP contribution is -2.30. The van der Waals surface area contributed by atoms with Crippen LogP contribution in [0, 0.1) is 5.41 Å². The van der Waals surface area contributed by atoms with E-state index in [0.29, 0.717) is 5.88 Å². The molecule has 0 unspecified atom stereocenters. The average Bonchev–Trinajstić information content (AvgIpc) is 2.31. The molecule has 0 aliphatic carbocycles. The molecule has 17 heavy (non-hydrogen) atoms. The smallest absolute Gasteiger partial charge is 0.119 e. The highest BCUT2D eigenvalue weighted by atomic mass is 79.9. The van der Waals surface area contributed by atoms with Crippen molar-refractivity contribution in [2.75, 3.05) is 19.5 Å². The van der Waals surface area contributed by atoms with Gasteiger partial charge in [-0.3, -0.25) is 0 Å². The van der Waals surface area contributed by atoms with E-state index in [1.807, 2.05) is 18.2 Å². The minimum absolute atomic E-state index is 0.118. The Morgan fingerprint density at radius 3 is 2.71 bits per heavy atom. The number of alkyl halides is 1. The molecule has 2 nitrogen and oxygen atoms in total. The number of ether oxygens (including phenoxy) is 1. The lowest BCUT2D eigenvalue weighted by Gasteiger charge is -2.22. The molecule has 0 amide bonds. The standard InChI is InChI=1S/C13H19BrClNO/c1-13(2,8-15)9-16-7-10-6-11(17-3)4-5-12(10)14/h4-6,16H,7-9H2,1-3H3. The number of nitrogens with one attached hydrogen (secondary N) is 1. The Kier molecular flexibility index (Phi) is 5.77. The monoisotopic (exact) mass is 319 g/mol. The Balaban J connectivity index is 2.57. The minimum atomic E-state index is 0.118. The summed E-state index contributed by atoms with van der Waals surface area (Å²) in [6.07, 6.45) is 0. The fraction of sp³-hybridized carbons (Fsp3) is 0.538. The number of hydrogen-bond donors (Lipinski definition) is 1. The second-order valence-corrected chi connectivity index (χ2v) is 5.98. The van der Waals surface area contributed by atoms with E-state index in [4.69, 9.17) is 16.3 Å². The molecule has 4 heteroatoms. The third kappa shape index (κ3) is 4.86. The Bertz CT molecular complexity index is 368. The Morgan fingerprint density at radius 1 is 1.41 bits per heavy atom. The maximum Gasteiger partial charge on any atom is 0.119 e. The Hall–Kier alpha value is -0.250. The first-order valence-electron chi connectivity index (χ1n) is 5.57. The van der Waals surface area contributed by atoms with Crippen LogP contribution in [0.15, 0.2) is 22.7 Å². The maximum atomic E-state index is 5.88. The topological polar surface area (TPSA) is 21.3 Å². The fourth-order valence-electron chi connectivity index (χ4n) is 1.40. The predicted molar refractivity (Wildman–Crippen MR) is 76.9 cm³/mol. The lowest BCUT2D eigenvalue weighted by molar-refractivity contribution is 0.384. The largest absolute Gasteiger partial charge is 0.497 e. The van der Waals surface area contributed by atoms with Gasteiger partial charge in [-0.25, -0.2) is 0 Å². The van der Waals surface area contributed by atoms with Crippen LogP contribution >= 0.6 is 27.5 Å². The number of benzene rings is 1. The summed E-state index contributed by atoms with van der Waals surface area (Å²) in [5, 5.41) is 3.42. The summed E-state index contributed by atoms with van der Waals surface area (Å²) in [5.74, 6) is 1.53.